The summed E-state index contributed by atoms with van der Waals surface area (Å²) in [4.78, 5) is 34.9. The predicted molar refractivity (Wildman–Crippen MR) is 247 cm³/mol. The van der Waals surface area contributed by atoms with Crippen LogP contribution in [0.15, 0.2) is 60.8 Å². The van der Waals surface area contributed by atoms with Gasteiger partial charge in [-0.05, 0) is 51.4 Å². The van der Waals surface area contributed by atoms with Crippen LogP contribution >= 0.6 is 7.82 Å². The fraction of sp³-hybridized carbons (Fsp3) is 0.755. The van der Waals surface area contributed by atoms with Gasteiger partial charge in [0, 0.05) is 19.4 Å². The van der Waals surface area contributed by atoms with Gasteiger partial charge >= 0.3 is 19.8 Å². The molecule has 0 spiro atoms. The van der Waals surface area contributed by atoms with Gasteiger partial charge < -0.3 is 20.1 Å². The lowest BCUT2D eigenvalue weighted by Crippen LogP contribution is -2.29. The van der Waals surface area contributed by atoms with Gasteiger partial charge in [0.1, 0.15) is 6.61 Å². The molecule has 342 valence electrons. The molecule has 0 amide bonds. The van der Waals surface area contributed by atoms with Gasteiger partial charge in [0.2, 0.25) is 0 Å². The highest BCUT2D eigenvalue weighted by Gasteiger charge is 2.25. The summed E-state index contributed by atoms with van der Waals surface area (Å²) < 4.78 is 32.8. The Morgan fingerprint density at radius 1 is 0.508 bits per heavy atom. The third-order valence-electron chi connectivity index (χ3n) is 9.92. The van der Waals surface area contributed by atoms with Gasteiger partial charge in [0.15, 0.2) is 6.10 Å². The number of phosphoric acid groups is 1. The Morgan fingerprint density at radius 2 is 0.915 bits per heavy atom. The first-order chi connectivity index (χ1) is 28.8. The van der Waals surface area contributed by atoms with Crippen molar-refractivity contribution in [3.63, 3.8) is 0 Å². The zero-order chi connectivity index (χ0) is 43.2. The van der Waals surface area contributed by atoms with E-state index in [-0.39, 0.29) is 32.6 Å². The van der Waals surface area contributed by atoms with Gasteiger partial charge in [-0.1, -0.05) is 203 Å². The van der Waals surface area contributed by atoms with E-state index >= 15 is 0 Å². The Labute approximate surface area is 361 Å². The quantitative estimate of drug-likeness (QED) is 0.0266. The van der Waals surface area contributed by atoms with Crippen molar-refractivity contribution in [2.45, 2.75) is 213 Å². The highest BCUT2D eigenvalue weighted by molar-refractivity contribution is 7.47. The van der Waals surface area contributed by atoms with Crippen LogP contribution < -0.4 is 5.73 Å². The zero-order valence-electron chi connectivity index (χ0n) is 37.7. The largest absolute Gasteiger partial charge is 0.472 e. The molecule has 0 bridgehead atoms. The molecule has 0 rings (SSSR count). The highest BCUT2D eigenvalue weighted by atomic mass is 31.2. The summed E-state index contributed by atoms with van der Waals surface area (Å²) in [6.45, 7) is 3.64. The van der Waals surface area contributed by atoms with Crippen molar-refractivity contribution in [2.75, 3.05) is 26.4 Å². The fourth-order valence-electron chi connectivity index (χ4n) is 6.38. The molecule has 0 aliphatic rings. The zero-order valence-corrected chi connectivity index (χ0v) is 38.6. The minimum Gasteiger partial charge on any atom is -0.462 e. The normalized spacial score (nSPS) is 13.8. The molecule has 0 radical (unpaired) electrons. The minimum absolute atomic E-state index is 0.0410. The van der Waals surface area contributed by atoms with Gasteiger partial charge in [-0.2, -0.15) is 0 Å². The number of carbonyl (C=O) groups excluding carboxylic acids is 2. The molecule has 0 aromatic heterocycles. The summed E-state index contributed by atoms with van der Waals surface area (Å²) >= 11 is 0. The molecule has 0 saturated carbocycles. The van der Waals surface area contributed by atoms with Gasteiger partial charge in [0.25, 0.3) is 0 Å². The average molecular weight is 850 g/mol. The van der Waals surface area contributed by atoms with E-state index in [0.717, 1.165) is 44.9 Å². The standard InChI is InChI=1S/C49H88NO8P/c1-3-5-7-9-11-13-15-17-19-21-23-25-27-29-31-33-35-37-39-41-48(51)55-45-47(46-57-59(53,54)56-44-43-50)58-49(52)42-40-38-36-34-32-30-28-26-24-22-20-18-16-14-12-10-8-6-4-2/h12,14,18,20,24,26,30,32,36,38,47H,3-11,13,15-17,19,21-23,25,27-29,31,33-35,37,39-46,50H2,1-2H3,(H,53,54)/t47-/m1/s1. The van der Waals surface area contributed by atoms with E-state index in [2.05, 4.69) is 62.5 Å². The SMILES string of the molecule is CCCCCC=CCC=CCC=CCC=CCC=CCCC(=O)O[C@H](COC(=O)CCCCCCCCCCCCCCCCCCCCC)COP(=O)(O)OCCN. The molecule has 59 heavy (non-hydrogen) atoms. The molecule has 0 aliphatic carbocycles. The van der Waals surface area contributed by atoms with Crippen molar-refractivity contribution in [1.82, 2.24) is 0 Å². The summed E-state index contributed by atoms with van der Waals surface area (Å²) in [5.74, 6) is -0.921. The second-order valence-electron chi connectivity index (χ2n) is 15.6. The van der Waals surface area contributed by atoms with Crippen LogP contribution in [0.5, 0.6) is 0 Å². The third kappa shape index (κ3) is 45.1. The Kier molecular flexibility index (Phi) is 43.5. The van der Waals surface area contributed by atoms with Crippen molar-refractivity contribution >= 4 is 19.8 Å². The lowest BCUT2D eigenvalue weighted by Gasteiger charge is -2.19. The van der Waals surface area contributed by atoms with E-state index < -0.39 is 32.5 Å². The number of hydrogen-bond acceptors (Lipinski definition) is 8. The second-order valence-corrected chi connectivity index (χ2v) is 17.1. The number of hydrogen-bond donors (Lipinski definition) is 2. The molecule has 0 fully saturated rings. The topological polar surface area (TPSA) is 134 Å². The van der Waals surface area contributed by atoms with Crippen molar-refractivity contribution in [2.24, 2.45) is 5.73 Å². The number of ether oxygens (including phenoxy) is 2. The molecule has 1 unspecified atom stereocenters. The maximum Gasteiger partial charge on any atom is 0.472 e. The van der Waals surface area contributed by atoms with Crippen LogP contribution in [-0.2, 0) is 32.7 Å². The number of unbranched alkanes of at least 4 members (excludes halogenated alkanes) is 21. The summed E-state index contributed by atoms with van der Waals surface area (Å²) in [6.07, 6.45) is 54.1. The van der Waals surface area contributed by atoms with Crippen molar-refractivity contribution < 1.29 is 37.6 Å². The third-order valence-corrected chi connectivity index (χ3v) is 10.9. The number of esters is 2. The number of nitrogens with two attached hydrogens (primary N) is 1. The molecule has 9 nitrogen and oxygen atoms in total. The molecule has 10 heteroatoms. The van der Waals surface area contributed by atoms with E-state index in [1.165, 1.54) is 128 Å². The number of phosphoric ester groups is 1. The molecule has 0 saturated heterocycles. The molecular weight excluding hydrogens is 762 g/mol. The highest BCUT2D eigenvalue weighted by Crippen LogP contribution is 2.43. The summed E-state index contributed by atoms with van der Waals surface area (Å²) in [5, 5.41) is 0. The van der Waals surface area contributed by atoms with Gasteiger partial charge in [-0.25, -0.2) is 4.57 Å². The van der Waals surface area contributed by atoms with E-state index in [4.69, 9.17) is 24.3 Å². The summed E-state index contributed by atoms with van der Waals surface area (Å²) in [7, 11) is -4.40. The predicted octanol–water partition coefficient (Wildman–Crippen LogP) is 14.1. The first-order valence-electron chi connectivity index (χ1n) is 23.8. The fourth-order valence-corrected chi connectivity index (χ4v) is 7.15. The first kappa shape index (κ1) is 56.7. The minimum atomic E-state index is -4.40. The van der Waals surface area contributed by atoms with Crippen LogP contribution in [0.4, 0.5) is 0 Å². The maximum absolute atomic E-state index is 12.6. The van der Waals surface area contributed by atoms with Crippen LogP contribution in [-0.4, -0.2) is 49.3 Å². The van der Waals surface area contributed by atoms with Crippen molar-refractivity contribution in [1.29, 1.82) is 0 Å². The monoisotopic (exact) mass is 850 g/mol. The Hall–Kier alpha value is -2.29. The lowest BCUT2D eigenvalue weighted by molar-refractivity contribution is -0.161. The molecule has 0 aliphatic heterocycles. The number of allylic oxidation sites excluding steroid dienone is 10. The van der Waals surface area contributed by atoms with Gasteiger partial charge in [0.05, 0.1) is 13.2 Å². The van der Waals surface area contributed by atoms with E-state index in [1.807, 2.05) is 12.2 Å². The van der Waals surface area contributed by atoms with E-state index in [9.17, 15) is 19.0 Å². The van der Waals surface area contributed by atoms with Gasteiger partial charge in [-0.3, -0.25) is 18.6 Å². The number of carbonyl (C=O) groups is 2. The van der Waals surface area contributed by atoms with E-state index in [1.54, 1.807) is 0 Å². The molecule has 0 heterocycles. The Bertz CT molecular complexity index is 1150. The molecular formula is C49H88NO8P. The van der Waals surface area contributed by atoms with Crippen LogP contribution in [0.1, 0.15) is 206 Å². The molecule has 2 atom stereocenters. The molecule has 0 aromatic carbocycles. The molecule has 0 aromatic rings. The van der Waals surface area contributed by atoms with Gasteiger partial charge in [-0.15, -0.1) is 0 Å². The van der Waals surface area contributed by atoms with Crippen molar-refractivity contribution in [3.8, 4) is 0 Å². The second kappa shape index (κ2) is 45.2. The van der Waals surface area contributed by atoms with Crippen molar-refractivity contribution in [3.05, 3.63) is 60.8 Å². The van der Waals surface area contributed by atoms with Crippen LogP contribution in [0.25, 0.3) is 0 Å². The smallest absolute Gasteiger partial charge is 0.462 e. The number of rotatable bonds is 44. The Balaban J connectivity index is 4.20. The Morgan fingerprint density at radius 3 is 1.37 bits per heavy atom. The lowest BCUT2D eigenvalue weighted by atomic mass is 10.0. The van der Waals surface area contributed by atoms with E-state index in [0.29, 0.717) is 6.42 Å². The summed E-state index contributed by atoms with van der Waals surface area (Å²) in [5.41, 5.74) is 5.35. The van der Waals surface area contributed by atoms with Crippen LogP contribution in [0.2, 0.25) is 0 Å². The van der Waals surface area contributed by atoms with Crippen LogP contribution in [0.3, 0.4) is 0 Å². The van der Waals surface area contributed by atoms with Crippen LogP contribution in [0, 0.1) is 0 Å². The average Bonchev–Trinajstić information content (AvgIpc) is 3.22. The molecule has 3 N–H and O–H groups in total. The maximum atomic E-state index is 12.6. The first-order valence-corrected chi connectivity index (χ1v) is 25.3. The summed E-state index contributed by atoms with van der Waals surface area (Å²) in [6, 6.07) is 0.